The van der Waals surface area contributed by atoms with Crippen molar-refractivity contribution in [2.24, 2.45) is 0 Å². The first-order valence-electron chi connectivity index (χ1n) is 2.88. The van der Waals surface area contributed by atoms with Gasteiger partial charge in [-0.05, 0) is 23.7 Å². The Balaban J connectivity index is 2.93. The third kappa shape index (κ3) is 0.708. The number of aromatic nitrogens is 1. The van der Waals surface area contributed by atoms with Gasteiger partial charge in [-0.2, -0.15) is 8.76 Å². The highest BCUT2D eigenvalue weighted by Crippen LogP contribution is 2.18. The maximum atomic E-state index is 12.7. The van der Waals surface area contributed by atoms with Gasteiger partial charge in [-0.1, -0.05) is 12.1 Å². The van der Waals surface area contributed by atoms with Crippen LogP contribution in [0.4, 0.5) is 4.39 Å². The number of benzene rings is 1. The summed E-state index contributed by atoms with van der Waals surface area (Å²) >= 11 is 0.901. The van der Waals surface area contributed by atoms with Gasteiger partial charge in [0.05, 0.1) is 5.52 Å². The van der Waals surface area contributed by atoms with E-state index < -0.39 is 0 Å². The lowest BCUT2D eigenvalue weighted by molar-refractivity contribution is 0.667. The molecular weight excluding hydrogens is 149 g/mol. The molecule has 10 heavy (non-hydrogen) atoms. The molecule has 2 rings (SSSR count). The van der Waals surface area contributed by atoms with Crippen LogP contribution in [0.5, 0.6) is 0 Å². The molecule has 0 bridgehead atoms. The predicted molar refractivity (Wildman–Crippen MR) is 39.6 cm³/mol. The van der Waals surface area contributed by atoms with Gasteiger partial charge in [0.1, 0.15) is 0 Å². The second-order valence-electron chi connectivity index (χ2n) is 1.97. The van der Waals surface area contributed by atoms with E-state index in [9.17, 15) is 4.39 Å². The predicted octanol–water partition coefficient (Wildman–Crippen LogP) is 2.44. The average molecular weight is 153 g/mol. The van der Waals surface area contributed by atoms with Crippen molar-refractivity contribution in [3.05, 3.63) is 29.4 Å². The van der Waals surface area contributed by atoms with E-state index in [1.54, 1.807) is 18.2 Å². The molecule has 0 spiro atoms. The minimum atomic E-state index is -0.199. The van der Waals surface area contributed by atoms with Crippen LogP contribution in [-0.4, -0.2) is 4.37 Å². The first-order chi connectivity index (χ1) is 4.88. The highest BCUT2D eigenvalue weighted by atomic mass is 32.1. The van der Waals surface area contributed by atoms with E-state index in [4.69, 9.17) is 0 Å². The number of hydrogen-bond donors (Lipinski definition) is 0. The Labute approximate surface area is 61.3 Å². The maximum absolute atomic E-state index is 12.7. The summed E-state index contributed by atoms with van der Waals surface area (Å²) in [5.74, 6) is 0. The summed E-state index contributed by atoms with van der Waals surface area (Å²) in [7, 11) is 0. The lowest BCUT2D eigenvalue weighted by atomic mass is 10.3. The van der Waals surface area contributed by atoms with Gasteiger partial charge in [0.25, 0.3) is 0 Å². The van der Waals surface area contributed by atoms with E-state index in [2.05, 4.69) is 4.37 Å². The minimum Gasteiger partial charge on any atom is -0.193 e. The smallest absolute Gasteiger partial charge is 0.193 e. The summed E-state index contributed by atoms with van der Waals surface area (Å²) in [5, 5.41) is 0.420. The molecule has 1 aromatic heterocycles. The molecule has 0 saturated carbocycles. The van der Waals surface area contributed by atoms with Crippen molar-refractivity contribution < 1.29 is 4.39 Å². The highest BCUT2D eigenvalue weighted by molar-refractivity contribution is 7.05. The van der Waals surface area contributed by atoms with Gasteiger partial charge in [0.2, 0.25) is 5.13 Å². The molecule has 1 aromatic carbocycles. The maximum Gasteiger partial charge on any atom is 0.203 e. The molecule has 0 fully saturated rings. The van der Waals surface area contributed by atoms with Crippen molar-refractivity contribution in [3.63, 3.8) is 0 Å². The molecule has 1 heterocycles. The standard InChI is InChI=1S/C7H4FNS/c8-7-5-3-1-2-4-6(5)9-10-7/h1-4H. The highest BCUT2D eigenvalue weighted by Gasteiger charge is 2.01. The van der Waals surface area contributed by atoms with Crippen LogP contribution < -0.4 is 0 Å². The van der Waals surface area contributed by atoms with Crippen molar-refractivity contribution in [1.29, 1.82) is 0 Å². The van der Waals surface area contributed by atoms with E-state index in [1.165, 1.54) is 0 Å². The van der Waals surface area contributed by atoms with Crippen LogP contribution >= 0.6 is 11.5 Å². The Bertz CT molecular complexity index is 355. The molecule has 0 aliphatic rings. The number of rotatable bonds is 0. The number of nitrogens with zero attached hydrogens (tertiary/aromatic N) is 1. The van der Waals surface area contributed by atoms with Crippen molar-refractivity contribution in [2.45, 2.75) is 0 Å². The summed E-state index contributed by atoms with van der Waals surface area (Å²) in [5.41, 5.74) is 0.741. The summed E-state index contributed by atoms with van der Waals surface area (Å²) in [4.78, 5) is 0. The molecule has 1 nitrogen and oxygen atoms in total. The molecule has 2 aromatic rings. The second-order valence-corrected chi connectivity index (χ2v) is 2.70. The third-order valence-corrected chi connectivity index (χ3v) is 2.01. The Morgan fingerprint density at radius 1 is 1.30 bits per heavy atom. The van der Waals surface area contributed by atoms with Crippen LogP contribution in [0.3, 0.4) is 0 Å². The quantitative estimate of drug-likeness (QED) is 0.566. The number of halogens is 1. The largest absolute Gasteiger partial charge is 0.203 e. The molecule has 0 saturated heterocycles. The van der Waals surface area contributed by atoms with Gasteiger partial charge in [-0.3, -0.25) is 0 Å². The van der Waals surface area contributed by atoms with Crippen LogP contribution in [0.15, 0.2) is 24.3 Å². The molecule has 0 amide bonds. The fourth-order valence-electron chi connectivity index (χ4n) is 0.858. The molecule has 0 atom stereocenters. The molecular formula is C7H4FNS. The Morgan fingerprint density at radius 2 is 2.10 bits per heavy atom. The zero-order chi connectivity index (χ0) is 6.97. The van der Waals surface area contributed by atoms with Crippen LogP contribution in [0.1, 0.15) is 0 Å². The lowest BCUT2D eigenvalue weighted by Crippen LogP contribution is -1.65. The van der Waals surface area contributed by atoms with E-state index in [-0.39, 0.29) is 5.13 Å². The fraction of sp³-hybridized carbons (Fsp3) is 0. The van der Waals surface area contributed by atoms with Gasteiger partial charge < -0.3 is 0 Å². The zero-order valence-electron chi connectivity index (χ0n) is 5.04. The topological polar surface area (TPSA) is 12.9 Å². The summed E-state index contributed by atoms with van der Waals surface area (Å²) in [6.07, 6.45) is 0. The number of hydrogen-bond acceptors (Lipinski definition) is 2. The second kappa shape index (κ2) is 2.02. The third-order valence-electron chi connectivity index (χ3n) is 1.34. The zero-order valence-corrected chi connectivity index (χ0v) is 5.86. The van der Waals surface area contributed by atoms with Gasteiger partial charge >= 0.3 is 0 Å². The Morgan fingerprint density at radius 3 is 2.90 bits per heavy atom. The molecule has 0 unspecified atom stereocenters. The van der Waals surface area contributed by atoms with Crippen LogP contribution in [0.25, 0.3) is 10.9 Å². The Hall–Kier alpha value is -0.960. The minimum absolute atomic E-state index is 0.199. The fourth-order valence-corrected chi connectivity index (χ4v) is 1.47. The van der Waals surface area contributed by atoms with Crippen molar-refractivity contribution in [3.8, 4) is 0 Å². The SMILES string of the molecule is Fc1snc2ccccc12. The Kier molecular flexibility index (Phi) is 1.17. The van der Waals surface area contributed by atoms with Gasteiger partial charge in [0.15, 0.2) is 0 Å². The molecule has 0 N–H and O–H groups in total. The average Bonchev–Trinajstić information content (AvgIpc) is 2.34. The van der Waals surface area contributed by atoms with E-state index in [1.807, 2.05) is 6.07 Å². The summed E-state index contributed by atoms with van der Waals surface area (Å²) in [6, 6.07) is 7.18. The molecule has 0 aliphatic carbocycles. The molecule has 3 heteroatoms. The molecule has 0 aliphatic heterocycles. The monoisotopic (exact) mass is 153 g/mol. The van der Waals surface area contributed by atoms with Crippen molar-refractivity contribution >= 4 is 22.4 Å². The van der Waals surface area contributed by atoms with Crippen molar-refractivity contribution in [1.82, 2.24) is 4.37 Å². The van der Waals surface area contributed by atoms with Crippen LogP contribution in [-0.2, 0) is 0 Å². The first kappa shape index (κ1) is 5.80. The summed E-state index contributed by atoms with van der Waals surface area (Å²) in [6.45, 7) is 0. The van der Waals surface area contributed by atoms with Gasteiger partial charge in [-0.15, -0.1) is 0 Å². The van der Waals surface area contributed by atoms with E-state index in [0.29, 0.717) is 5.39 Å². The first-order valence-corrected chi connectivity index (χ1v) is 3.65. The number of fused-ring (bicyclic) bond motifs is 1. The summed E-state index contributed by atoms with van der Waals surface area (Å²) < 4.78 is 16.6. The lowest BCUT2D eigenvalue weighted by Gasteiger charge is -1.82. The molecule has 0 radical (unpaired) electrons. The van der Waals surface area contributed by atoms with Gasteiger partial charge in [-0.25, -0.2) is 0 Å². The van der Waals surface area contributed by atoms with E-state index in [0.717, 1.165) is 17.0 Å². The molecule has 50 valence electrons. The normalized spacial score (nSPS) is 10.5. The van der Waals surface area contributed by atoms with Crippen LogP contribution in [0.2, 0.25) is 0 Å². The van der Waals surface area contributed by atoms with E-state index >= 15 is 0 Å². The van der Waals surface area contributed by atoms with Gasteiger partial charge in [0, 0.05) is 5.39 Å². The van der Waals surface area contributed by atoms with Crippen LogP contribution in [0, 0.1) is 5.13 Å². The van der Waals surface area contributed by atoms with Crippen molar-refractivity contribution in [2.75, 3.05) is 0 Å².